The van der Waals surface area contributed by atoms with Crippen molar-refractivity contribution in [2.75, 3.05) is 6.54 Å². The number of benzene rings is 1. The van der Waals surface area contributed by atoms with E-state index in [9.17, 15) is 14.3 Å². The lowest BCUT2D eigenvalue weighted by molar-refractivity contribution is 0.0693. The van der Waals surface area contributed by atoms with Gasteiger partial charge in [-0.15, -0.1) is 0 Å². The first-order valence-corrected chi connectivity index (χ1v) is 5.09. The molecule has 86 valence electrons. The SMILES string of the molecule is O=C(O)c1ccc(F)c([C@H]2CCCN2)c1O. The molecule has 1 aliphatic rings. The standard InChI is InChI=1S/C11H12FNO3/c12-7-4-3-6(11(15)16)10(14)9(7)8-2-1-5-13-8/h3-4,8,13-14H,1-2,5H2,(H,15,16)/t8-/m1/s1. The van der Waals surface area contributed by atoms with Gasteiger partial charge in [-0.25, -0.2) is 9.18 Å². The molecule has 1 heterocycles. The van der Waals surface area contributed by atoms with Crippen molar-refractivity contribution in [3.05, 3.63) is 29.1 Å². The molecule has 0 radical (unpaired) electrons. The van der Waals surface area contributed by atoms with E-state index >= 15 is 0 Å². The fraction of sp³-hybridized carbons (Fsp3) is 0.364. The Bertz CT molecular complexity index is 427. The lowest BCUT2D eigenvalue weighted by Gasteiger charge is -2.14. The zero-order valence-electron chi connectivity index (χ0n) is 8.53. The van der Waals surface area contributed by atoms with Crippen LogP contribution >= 0.6 is 0 Å². The predicted molar refractivity (Wildman–Crippen MR) is 55.0 cm³/mol. The molecule has 5 heteroatoms. The van der Waals surface area contributed by atoms with Gasteiger partial charge in [-0.3, -0.25) is 0 Å². The van der Waals surface area contributed by atoms with Gasteiger partial charge in [-0.1, -0.05) is 0 Å². The quantitative estimate of drug-likeness (QED) is 0.715. The van der Waals surface area contributed by atoms with Crippen LogP contribution in [0.3, 0.4) is 0 Å². The molecule has 0 amide bonds. The number of aromatic hydroxyl groups is 1. The summed E-state index contributed by atoms with van der Waals surface area (Å²) < 4.78 is 13.6. The first kappa shape index (κ1) is 10.9. The summed E-state index contributed by atoms with van der Waals surface area (Å²) in [7, 11) is 0. The van der Waals surface area contributed by atoms with E-state index in [4.69, 9.17) is 5.11 Å². The van der Waals surface area contributed by atoms with E-state index in [2.05, 4.69) is 5.32 Å². The Morgan fingerprint density at radius 1 is 1.50 bits per heavy atom. The number of hydrogen-bond acceptors (Lipinski definition) is 3. The lowest BCUT2D eigenvalue weighted by atomic mass is 10.00. The van der Waals surface area contributed by atoms with Crippen LogP contribution < -0.4 is 5.32 Å². The largest absolute Gasteiger partial charge is 0.507 e. The number of phenols is 1. The summed E-state index contributed by atoms with van der Waals surface area (Å²) in [4.78, 5) is 10.8. The molecule has 1 aromatic carbocycles. The van der Waals surface area contributed by atoms with Crippen molar-refractivity contribution in [2.45, 2.75) is 18.9 Å². The molecule has 2 rings (SSSR count). The van der Waals surface area contributed by atoms with E-state index in [1.54, 1.807) is 0 Å². The Hall–Kier alpha value is -1.62. The second kappa shape index (κ2) is 4.09. The topological polar surface area (TPSA) is 69.6 Å². The van der Waals surface area contributed by atoms with Crippen LogP contribution in [0.2, 0.25) is 0 Å². The molecule has 1 fully saturated rings. The normalized spacial score (nSPS) is 19.9. The van der Waals surface area contributed by atoms with Gasteiger partial charge in [0.2, 0.25) is 0 Å². The highest BCUT2D eigenvalue weighted by molar-refractivity contribution is 5.91. The summed E-state index contributed by atoms with van der Waals surface area (Å²) in [5.74, 6) is -2.29. The molecule has 1 aliphatic heterocycles. The molecule has 4 nitrogen and oxygen atoms in total. The van der Waals surface area contributed by atoms with Crippen molar-refractivity contribution in [3.63, 3.8) is 0 Å². The van der Waals surface area contributed by atoms with Crippen molar-refractivity contribution < 1.29 is 19.4 Å². The maximum atomic E-state index is 13.6. The monoisotopic (exact) mass is 225 g/mol. The van der Waals surface area contributed by atoms with Gasteiger partial charge in [-0.05, 0) is 31.5 Å². The lowest BCUT2D eigenvalue weighted by Crippen LogP contribution is -2.15. The third kappa shape index (κ3) is 1.74. The molecule has 3 N–H and O–H groups in total. The van der Waals surface area contributed by atoms with Gasteiger partial charge in [0.05, 0.1) is 0 Å². The number of halogens is 1. The van der Waals surface area contributed by atoms with Crippen LogP contribution in [-0.4, -0.2) is 22.7 Å². The number of carboxylic acid groups (broad SMARTS) is 1. The van der Waals surface area contributed by atoms with Gasteiger partial charge in [-0.2, -0.15) is 0 Å². The summed E-state index contributed by atoms with van der Waals surface area (Å²) in [5.41, 5.74) is -0.192. The Balaban J connectivity index is 2.49. The van der Waals surface area contributed by atoms with E-state index < -0.39 is 17.5 Å². The first-order chi connectivity index (χ1) is 7.61. The molecule has 0 bridgehead atoms. The molecule has 0 saturated carbocycles. The fourth-order valence-electron chi connectivity index (χ4n) is 2.02. The Labute approximate surface area is 91.7 Å². The summed E-state index contributed by atoms with van der Waals surface area (Å²) in [6.07, 6.45) is 1.59. The van der Waals surface area contributed by atoms with Gasteiger partial charge in [0.25, 0.3) is 0 Å². The van der Waals surface area contributed by atoms with Gasteiger partial charge < -0.3 is 15.5 Å². The van der Waals surface area contributed by atoms with Crippen molar-refractivity contribution in [2.24, 2.45) is 0 Å². The van der Waals surface area contributed by atoms with Crippen molar-refractivity contribution >= 4 is 5.97 Å². The molecule has 16 heavy (non-hydrogen) atoms. The van der Waals surface area contributed by atoms with Crippen LogP contribution in [0.5, 0.6) is 5.75 Å². The van der Waals surface area contributed by atoms with Gasteiger partial charge >= 0.3 is 5.97 Å². The first-order valence-electron chi connectivity index (χ1n) is 5.09. The molecule has 1 atom stereocenters. The molecule has 0 aromatic heterocycles. The fourth-order valence-corrected chi connectivity index (χ4v) is 2.02. The van der Waals surface area contributed by atoms with Crippen LogP contribution in [0.4, 0.5) is 4.39 Å². The van der Waals surface area contributed by atoms with E-state index in [1.165, 1.54) is 0 Å². The second-order valence-electron chi connectivity index (χ2n) is 3.81. The van der Waals surface area contributed by atoms with Crippen LogP contribution in [0.15, 0.2) is 12.1 Å². The van der Waals surface area contributed by atoms with E-state index in [1.807, 2.05) is 0 Å². The van der Waals surface area contributed by atoms with Crippen LogP contribution in [0.1, 0.15) is 34.8 Å². The summed E-state index contributed by atoms with van der Waals surface area (Å²) >= 11 is 0. The third-order valence-corrected chi connectivity index (χ3v) is 2.80. The van der Waals surface area contributed by atoms with Crippen LogP contribution in [0, 0.1) is 5.82 Å². The number of carboxylic acids is 1. The number of aromatic carboxylic acids is 1. The van der Waals surface area contributed by atoms with E-state index in [0.29, 0.717) is 6.42 Å². The number of rotatable bonds is 2. The highest BCUT2D eigenvalue weighted by Gasteiger charge is 2.26. The molecule has 1 aromatic rings. The zero-order valence-corrected chi connectivity index (χ0v) is 8.53. The van der Waals surface area contributed by atoms with Crippen molar-refractivity contribution in [1.29, 1.82) is 0 Å². The van der Waals surface area contributed by atoms with Crippen LogP contribution in [-0.2, 0) is 0 Å². The smallest absolute Gasteiger partial charge is 0.339 e. The van der Waals surface area contributed by atoms with E-state index in [-0.39, 0.29) is 17.2 Å². The molecule has 0 unspecified atom stereocenters. The highest BCUT2D eigenvalue weighted by Crippen LogP contribution is 2.34. The minimum absolute atomic E-state index is 0.0670. The minimum Gasteiger partial charge on any atom is -0.507 e. The average molecular weight is 225 g/mol. The summed E-state index contributed by atoms with van der Waals surface area (Å²) in [5, 5.41) is 21.6. The maximum absolute atomic E-state index is 13.6. The van der Waals surface area contributed by atoms with Gasteiger partial charge in [0, 0.05) is 11.6 Å². The summed E-state index contributed by atoms with van der Waals surface area (Å²) in [6.45, 7) is 0.751. The molecular weight excluding hydrogens is 213 g/mol. The second-order valence-corrected chi connectivity index (χ2v) is 3.81. The molecule has 0 aliphatic carbocycles. The average Bonchev–Trinajstić information content (AvgIpc) is 2.70. The Morgan fingerprint density at radius 3 is 2.81 bits per heavy atom. The maximum Gasteiger partial charge on any atom is 0.339 e. The van der Waals surface area contributed by atoms with Crippen molar-refractivity contribution in [3.8, 4) is 5.75 Å². The number of carbonyl (C=O) groups is 1. The number of nitrogens with one attached hydrogen (secondary N) is 1. The minimum atomic E-state index is -1.25. The van der Waals surface area contributed by atoms with E-state index in [0.717, 1.165) is 25.1 Å². The van der Waals surface area contributed by atoms with Crippen molar-refractivity contribution in [1.82, 2.24) is 5.32 Å². The molecular formula is C11H12FNO3. The molecule has 1 saturated heterocycles. The van der Waals surface area contributed by atoms with Gasteiger partial charge in [0.1, 0.15) is 17.1 Å². The Morgan fingerprint density at radius 2 is 2.25 bits per heavy atom. The van der Waals surface area contributed by atoms with Crippen LogP contribution in [0.25, 0.3) is 0 Å². The summed E-state index contributed by atoms with van der Waals surface area (Å²) in [6, 6.07) is 1.86. The number of hydrogen-bond donors (Lipinski definition) is 3. The zero-order chi connectivity index (χ0) is 11.7. The molecule has 0 spiro atoms. The third-order valence-electron chi connectivity index (χ3n) is 2.80. The van der Waals surface area contributed by atoms with Gasteiger partial charge in [0.15, 0.2) is 0 Å². The highest BCUT2D eigenvalue weighted by atomic mass is 19.1. The predicted octanol–water partition coefficient (Wildman–Crippen LogP) is 1.65. The Kier molecular flexibility index (Phi) is 2.78.